The first-order valence-corrected chi connectivity index (χ1v) is 8.81. The van der Waals surface area contributed by atoms with Crippen LogP contribution < -0.4 is 10.1 Å². The number of rotatable bonds is 5. The van der Waals surface area contributed by atoms with Crippen LogP contribution in [-0.2, 0) is 16.0 Å². The lowest BCUT2D eigenvalue weighted by molar-refractivity contribution is -0.118. The second-order valence-corrected chi connectivity index (χ2v) is 6.53. The van der Waals surface area contributed by atoms with Crippen LogP contribution in [0.3, 0.4) is 0 Å². The average molecular weight is 363 g/mol. The molecule has 0 aliphatic heterocycles. The van der Waals surface area contributed by atoms with Crippen molar-refractivity contribution in [3.8, 4) is 5.88 Å². The van der Waals surface area contributed by atoms with Crippen LogP contribution >= 0.6 is 0 Å². The van der Waals surface area contributed by atoms with Crippen LogP contribution in [0.4, 0.5) is 0 Å². The predicted octanol–water partition coefficient (Wildman–Crippen LogP) is 3.01. The number of carbonyl (C=O) groups excluding carboxylic acids is 1. The number of benzene rings is 2. The largest absolute Gasteiger partial charge is 0.480 e. The molecule has 2 atom stereocenters. The van der Waals surface area contributed by atoms with Gasteiger partial charge in [0.1, 0.15) is 0 Å². The van der Waals surface area contributed by atoms with Crippen LogP contribution in [0.2, 0.25) is 0 Å². The van der Waals surface area contributed by atoms with E-state index < -0.39 is 0 Å². The van der Waals surface area contributed by atoms with E-state index in [1.165, 1.54) is 5.56 Å². The number of H-pyrrole nitrogens is 1. The summed E-state index contributed by atoms with van der Waals surface area (Å²) in [5, 5.41) is 11.0. The lowest BCUT2D eigenvalue weighted by Crippen LogP contribution is -2.33. The van der Waals surface area contributed by atoms with Crippen molar-refractivity contribution in [2.45, 2.75) is 18.6 Å². The number of carbonyl (C=O) groups is 1. The molecular formula is C21H21N3O3. The van der Waals surface area contributed by atoms with Crippen molar-refractivity contribution in [3.63, 3.8) is 0 Å². The standard InChI is InChI=1S/C21H21N3O3/c1-26-18-12-14-5-3-4-6-15(14)20(18)22-19(25)10-8-13-7-9-16-17(11-13)23-24-21(16)27-2/h3-11,18,20H,12H2,1-2H3,(H,22,25)(H,23,24)/b10-8+/t18-,20-/m0/s1. The molecule has 0 saturated carbocycles. The van der Waals surface area contributed by atoms with Crippen molar-refractivity contribution >= 4 is 22.9 Å². The molecule has 1 amide bonds. The number of aromatic amines is 1. The summed E-state index contributed by atoms with van der Waals surface area (Å²) in [5.41, 5.74) is 4.10. The van der Waals surface area contributed by atoms with Gasteiger partial charge in [-0.1, -0.05) is 30.3 Å². The van der Waals surface area contributed by atoms with Crippen molar-refractivity contribution in [2.24, 2.45) is 0 Å². The first-order chi connectivity index (χ1) is 13.2. The summed E-state index contributed by atoms with van der Waals surface area (Å²) in [5.74, 6) is 0.407. The van der Waals surface area contributed by atoms with Crippen molar-refractivity contribution in [3.05, 3.63) is 65.2 Å². The van der Waals surface area contributed by atoms with Crippen molar-refractivity contribution in [1.29, 1.82) is 0 Å². The number of nitrogens with one attached hydrogen (secondary N) is 2. The van der Waals surface area contributed by atoms with E-state index in [9.17, 15) is 4.79 Å². The van der Waals surface area contributed by atoms with Gasteiger partial charge in [-0.25, -0.2) is 0 Å². The van der Waals surface area contributed by atoms with Gasteiger partial charge in [-0.3, -0.25) is 9.89 Å². The molecule has 0 saturated heterocycles. The average Bonchev–Trinajstić information content (AvgIpc) is 3.27. The number of fused-ring (bicyclic) bond motifs is 2. The topological polar surface area (TPSA) is 76.2 Å². The highest BCUT2D eigenvalue weighted by Gasteiger charge is 2.32. The smallest absolute Gasteiger partial charge is 0.244 e. The van der Waals surface area contributed by atoms with E-state index in [0.717, 1.165) is 28.5 Å². The minimum absolute atomic E-state index is 0.0476. The van der Waals surface area contributed by atoms with Gasteiger partial charge < -0.3 is 14.8 Å². The van der Waals surface area contributed by atoms with Gasteiger partial charge in [0.25, 0.3) is 0 Å². The number of aromatic nitrogens is 2. The zero-order valence-corrected chi connectivity index (χ0v) is 15.2. The summed E-state index contributed by atoms with van der Waals surface area (Å²) in [4.78, 5) is 12.5. The first kappa shape index (κ1) is 17.3. The predicted molar refractivity (Wildman–Crippen MR) is 104 cm³/mol. The zero-order chi connectivity index (χ0) is 18.8. The summed E-state index contributed by atoms with van der Waals surface area (Å²) >= 11 is 0. The van der Waals surface area contributed by atoms with Gasteiger partial charge in [-0.2, -0.15) is 0 Å². The molecule has 4 rings (SSSR count). The minimum atomic E-state index is -0.152. The Morgan fingerprint density at radius 3 is 2.93 bits per heavy atom. The van der Waals surface area contributed by atoms with Crippen molar-refractivity contribution in [2.75, 3.05) is 14.2 Å². The summed E-state index contributed by atoms with van der Waals surface area (Å²) < 4.78 is 10.8. The molecular weight excluding hydrogens is 342 g/mol. The molecule has 138 valence electrons. The monoisotopic (exact) mass is 363 g/mol. The van der Waals surface area contributed by atoms with E-state index in [0.29, 0.717) is 5.88 Å². The van der Waals surface area contributed by atoms with Crippen LogP contribution in [0.15, 0.2) is 48.5 Å². The third-order valence-corrected chi connectivity index (χ3v) is 4.96. The Bertz CT molecular complexity index is 1010. The SMILES string of the molecule is COc1n[nH]c2cc(/C=C/C(=O)N[C@H]3c4ccccc4C[C@@H]3OC)ccc12. The Kier molecular flexibility index (Phi) is 4.64. The quantitative estimate of drug-likeness (QED) is 0.683. The molecule has 2 N–H and O–H groups in total. The highest BCUT2D eigenvalue weighted by atomic mass is 16.5. The number of hydrogen-bond acceptors (Lipinski definition) is 4. The van der Waals surface area contributed by atoms with Gasteiger partial charge in [-0.05, 0) is 34.9 Å². The summed E-state index contributed by atoms with van der Waals surface area (Å²) in [6, 6.07) is 13.8. The van der Waals surface area contributed by atoms with Gasteiger partial charge in [0.05, 0.1) is 30.2 Å². The Morgan fingerprint density at radius 2 is 2.11 bits per heavy atom. The van der Waals surface area contributed by atoms with Crippen LogP contribution in [0.25, 0.3) is 17.0 Å². The molecule has 0 bridgehead atoms. The van der Waals surface area contributed by atoms with E-state index in [2.05, 4.69) is 21.6 Å². The summed E-state index contributed by atoms with van der Waals surface area (Å²) in [6.07, 6.45) is 4.08. The third kappa shape index (κ3) is 3.31. The fourth-order valence-corrected chi connectivity index (χ4v) is 3.59. The highest BCUT2D eigenvalue weighted by Crippen LogP contribution is 2.33. The van der Waals surface area contributed by atoms with E-state index in [-0.39, 0.29) is 18.1 Å². The molecule has 27 heavy (non-hydrogen) atoms. The number of amides is 1. The Hall–Kier alpha value is -3.12. The Balaban J connectivity index is 1.49. The molecule has 0 spiro atoms. The molecule has 0 radical (unpaired) electrons. The fourth-order valence-electron chi connectivity index (χ4n) is 3.59. The number of methoxy groups -OCH3 is 2. The molecule has 1 aromatic heterocycles. The molecule has 6 nitrogen and oxygen atoms in total. The van der Waals surface area contributed by atoms with Gasteiger partial charge in [0.15, 0.2) is 0 Å². The van der Waals surface area contributed by atoms with E-state index in [4.69, 9.17) is 9.47 Å². The lowest BCUT2D eigenvalue weighted by Gasteiger charge is -2.19. The Morgan fingerprint density at radius 1 is 1.26 bits per heavy atom. The van der Waals surface area contributed by atoms with Crippen LogP contribution in [0, 0.1) is 0 Å². The number of ether oxygens (including phenoxy) is 2. The van der Waals surface area contributed by atoms with Gasteiger partial charge in [0.2, 0.25) is 11.8 Å². The van der Waals surface area contributed by atoms with E-state index >= 15 is 0 Å². The molecule has 0 fully saturated rings. The molecule has 0 unspecified atom stereocenters. The minimum Gasteiger partial charge on any atom is -0.480 e. The van der Waals surface area contributed by atoms with E-state index in [1.54, 1.807) is 26.4 Å². The first-order valence-electron chi connectivity index (χ1n) is 8.81. The molecule has 2 aromatic carbocycles. The van der Waals surface area contributed by atoms with E-state index in [1.807, 2.05) is 36.4 Å². The normalized spacial score (nSPS) is 18.7. The van der Waals surface area contributed by atoms with Crippen molar-refractivity contribution in [1.82, 2.24) is 15.5 Å². The van der Waals surface area contributed by atoms with Crippen LogP contribution in [-0.4, -0.2) is 36.4 Å². The number of hydrogen-bond donors (Lipinski definition) is 2. The molecule has 1 aliphatic rings. The van der Waals surface area contributed by atoms with Gasteiger partial charge in [-0.15, -0.1) is 5.10 Å². The zero-order valence-electron chi connectivity index (χ0n) is 15.2. The van der Waals surface area contributed by atoms with Gasteiger partial charge in [0, 0.05) is 19.6 Å². The number of nitrogens with zero attached hydrogens (tertiary/aromatic N) is 1. The maximum absolute atomic E-state index is 12.5. The molecule has 1 heterocycles. The van der Waals surface area contributed by atoms with Gasteiger partial charge >= 0.3 is 0 Å². The second-order valence-electron chi connectivity index (χ2n) is 6.53. The van der Waals surface area contributed by atoms with Crippen molar-refractivity contribution < 1.29 is 14.3 Å². The molecule has 6 heteroatoms. The third-order valence-electron chi connectivity index (χ3n) is 4.96. The molecule has 1 aliphatic carbocycles. The fraction of sp³-hybridized carbons (Fsp3) is 0.238. The summed E-state index contributed by atoms with van der Waals surface area (Å²) in [6.45, 7) is 0. The second kappa shape index (κ2) is 7.25. The van der Waals surface area contributed by atoms with Crippen LogP contribution in [0.1, 0.15) is 22.7 Å². The maximum atomic E-state index is 12.5. The molecule has 3 aromatic rings. The lowest BCUT2D eigenvalue weighted by atomic mass is 10.1. The Labute approximate surface area is 157 Å². The maximum Gasteiger partial charge on any atom is 0.244 e. The highest BCUT2D eigenvalue weighted by molar-refractivity contribution is 5.93. The van der Waals surface area contributed by atoms with Crippen LogP contribution in [0.5, 0.6) is 5.88 Å². The summed E-state index contributed by atoms with van der Waals surface area (Å²) in [7, 11) is 3.27.